The van der Waals surface area contributed by atoms with Crippen molar-refractivity contribution >= 4 is 11.8 Å². The number of nitrogens with zero attached hydrogens (tertiary/aromatic N) is 1. The third-order valence-electron chi connectivity index (χ3n) is 5.22. The second kappa shape index (κ2) is 8.14. The first-order chi connectivity index (χ1) is 14.1. The minimum absolute atomic E-state index is 0.0678. The molecule has 0 aliphatic carbocycles. The third kappa shape index (κ3) is 3.79. The standard InChI is InChI=1S/C22H22FN3O3/c1-2-29-22(28)17-13-24-26-19(15-9-6-10-16(23)11-15)12-18(25-21(17)26)20(27)14-7-4-3-5-8-14/h3-11,13,18-19,21,24-25H,2,12H2,1H3. The summed E-state index contributed by atoms with van der Waals surface area (Å²) in [5.41, 5.74) is 4.79. The molecule has 150 valence electrons. The summed E-state index contributed by atoms with van der Waals surface area (Å²) in [6.07, 6.45) is 1.44. The van der Waals surface area contributed by atoms with E-state index in [9.17, 15) is 14.0 Å². The van der Waals surface area contributed by atoms with Crippen molar-refractivity contribution in [2.24, 2.45) is 0 Å². The van der Waals surface area contributed by atoms with E-state index in [-0.39, 0.29) is 24.2 Å². The highest BCUT2D eigenvalue weighted by Gasteiger charge is 2.45. The molecule has 2 N–H and O–H groups in total. The summed E-state index contributed by atoms with van der Waals surface area (Å²) in [5, 5.41) is 5.10. The average molecular weight is 395 g/mol. The van der Waals surface area contributed by atoms with E-state index in [1.165, 1.54) is 12.1 Å². The molecule has 1 fully saturated rings. The Balaban J connectivity index is 1.67. The van der Waals surface area contributed by atoms with E-state index in [1.54, 1.807) is 31.3 Å². The summed E-state index contributed by atoms with van der Waals surface area (Å²) in [6, 6.07) is 14.5. The number of hydrazine groups is 1. The lowest BCUT2D eigenvalue weighted by atomic mass is 9.90. The van der Waals surface area contributed by atoms with Crippen LogP contribution in [0.1, 0.15) is 35.3 Å². The fourth-order valence-electron chi connectivity index (χ4n) is 3.86. The van der Waals surface area contributed by atoms with E-state index >= 15 is 0 Å². The van der Waals surface area contributed by atoms with Crippen LogP contribution in [0.15, 0.2) is 66.4 Å². The summed E-state index contributed by atoms with van der Waals surface area (Å²) in [5.74, 6) is -0.867. The van der Waals surface area contributed by atoms with E-state index in [4.69, 9.17) is 4.74 Å². The van der Waals surface area contributed by atoms with Crippen LogP contribution in [-0.2, 0) is 9.53 Å². The van der Waals surface area contributed by atoms with Crippen molar-refractivity contribution in [1.82, 2.24) is 15.8 Å². The maximum atomic E-state index is 13.9. The van der Waals surface area contributed by atoms with Crippen molar-refractivity contribution in [3.05, 3.63) is 83.3 Å². The predicted octanol–water partition coefficient (Wildman–Crippen LogP) is 2.70. The lowest BCUT2D eigenvalue weighted by Crippen LogP contribution is -2.60. The van der Waals surface area contributed by atoms with Crippen LogP contribution >= 0.6 is 0 Å². The summed E-state index contributed by atoms with van der Waals surface area (Å²) in [7, 11) is 0. The van der Waals surface area contributed by atoms with Gasteiger partial charge in [0, 0.05) is 11.8 Å². The first-order valence-corrected chi connectivity index (χ1v) is 9.61. The summed E-state index contributed by atoms with van der Waals surface area (Å²) >= 11 is 0. The molecule has 2 aliphatic heterocycles. The van der Waals surface area contributed by atoms with Gasteiger partial charge >= 0.3 is 5.97 Å². The topological polar surface area (TPSA) is 70.7 Å². The number of nitrogens with one attached hydrogen (secondary N) is 2. The minimum atomic E-state index is -0.561. The molecule has 2 aromatic rings. The highest BCUT2D eigenvalue weighted by atomic mass is 19.1. The third-order valence-corrected chi connectivity index (χ3v) is 5.22. The van der Waals surface area contributed by atoms with Gasteiger partial charge in [-0.05, 0) is 31.0 Å². The molecule has 0 radical (unpaired) electrons. The first kappa shape index (κ1) is 19.3. The molecule has 2 aromatic carbocycles. The number of rotatable bonds is 5. The zero-order valence-corrected chi connectivity index (χ0v) is 16.0. The van der Waals surface area contributed by atoms with Gasteiger partial charge in [-0.3, -0.25) is 10.1 Å². The zero-order chi connectivity index (χ0) is 20.4. The van der Waals surface area contributed by atoms with Crippen molar-refractivity contribution < 1.29 is 18.7 Å². The van der Waals surface area contributed by atoms with E-state index in [0.29, 0.717) is 17.6 Å². The van der Waals surface area contributed by atoms with Crippen molar-refractivity contribution in [3.8, 4) is 0 Å². The number of benzene rings is 2. The zero-order valence-electron chi connectivity index (χ0n) is 16.0. The van der Waals surface area contributed by atoms with Crippen LogP contribution in [-0.4, -0.2) is 35.6 Å². The van der Waals surface area contributed by atoms with Gasteiger partial charge in [0.05, 0.1) is 24.3 Å². The van der Waals surface area contributed by atoms with E-state index in [2.05, 4.69) is 10.7 Å². The van der Waals surface area contributed by atoms with Crippen LogP contribution in [0.25, 0.3) is 0 Å². The van der Waals surface area contributed by atoms with Crippen molar-refractivity contribution in [3.63, 3.8) is 0 Å². The monoisotopic (exact) mass is 395 g/mol. The Morgan fingerprint density at radius 3 is 2.69 bits per heavy atom. The van der Waals surface area contributed by atoms with Gasteiger partial charge in [0.15, 0.2) is 5.78 Å². The Morgan fingerprint density at radius 1 is 1.17 bits per heavy atom. The number of hydrogen-bond donors (Lipinski definition) is 2. The highest BCUT2D eigenvalue weighted by Crippen LogP contribution is 2.35. The molecule has 7 heteroatoms. The molecule has 6 nitrogen and oxygen atoms in total. The molecule has 0 aromatic heterocycles. The van der Waals surface area contributed by atoms with Crippen molar-refractivity contribution in [2.75, 3.05) is 6.61 Å². The normalized spacial score (nSPS) is 23.7. The molecule has 2 heterocycles. The Morgan fingerprint density at radius 2 is 1.97 bits per heavy atom. The Hall–Kier alpha value is -3.03. The van der Waals surface area contributed by atoms with Gasteiger partial charge in [-0.2, -0.15) is 5.01 Å². The van der Waals surface area contributed by atoms with Gasteiger partial charge < -0.3 is 10.2 Å². The highest BCUT2D eigenvalue weighted by molar-refractivity contribution is 6.00. The Kier molecular flexibility index (Phi) is 5.42. The second-order valence-corrected chi connectivity index (χ2v) is 7.02. The van der Waals surface area contributed by atoms with E-state index in [1.807, 2.05) is 29.3 Å². The molecular weight excluding hydrogens is 373 g/mol. The second-order valence-electron chi connectivity index (χ2n) is 7.02. The van der Waals surface area contributed by atoms with Gasteiger partial charge in [0.2, 0.25) is 0 Å². The smallest absolute Gasteiger partial charge is 0.338 e. The molecule has 4 rings (SSSR count). The summed E-state index contributed by atoms with van der Waals surface area (Å²) in [6.45, 7) is 1.99. The molecule has 2 aliphatic rings. The molecule has 0 amide bonds. The number of halogens is 1. The molecule has 0 saturated carbocycles. The van der Waals surface area contributed by atoms with Gasteiger partial charge in [-0.25, -0.2) is 9.18 Å². The van der Waals surface area contributed by atoms with Gasteiger partial charge in [-0.15, -0.1) is 0 Å². The fourth-order valence-corrected chi connectivity index (χ4v) is 3.86. The maximum absolute atomic E-state index is 13.9. The molecular formula is C22H22FN3O3. The molecule has 29 heavy (non-hydrogen) atoms. The van der Waals surface area contributed by atoms with Crippen LogP contribution in [0.4, 0.5) is 4.39 Å². The number of hydrogen-bond acceptors (Lipinski definition) is 6. The SMILES string of the molecule is CCOC(=O)C1=CNN2C1NC(C(=O)c1ccccc1)CC2c1cccc(F)c1. The van der Waals surface area contributed by atoms with Crippen LogP contribution < -0.4 is 10.7 Å². The lowest BCUT2D eigenvalue weighted by Gasteiger charge is -2.42. The van der Waals surface area contributed by atoms with Crippen LogP contribution in [0, 0.1) is 5.82 Å². The predicted molar refractivity (Wildman–Crippen MR) is 105 cm³/mol. The van der Waals surface area contributed by atoms with Crippen LogP contribution in [0.3, 0.4) is 0 Å². The number of Topliss-reactive ketones (excluding diaryl/α,β-unsaturated/α-hetero) is 1. The molecule has 3 unspecified atom stereocenters. The number of fused-ring (bicyclic) bond motifs is 1. The maximum Gasteiger partial charge on any atom is 0.338 e. The number of esters is 1. The quantitative estimate of drug-likeness (QED) is 0.599. The van der Waals surface area contributed by atoms with Crippen molar-refractivity contribution in [2.45, 2.75) is 31.6 Å². The fraction of sp³-hybridized carbons (Fsp3) is 0.273. The Labute approximate surface area is 168 Å². The molecule has 3 atom stereocenters. The first-order valence-electron chi connectivity index (χ1n) is 9.61. The van der Waals surface area contributed by atoms with Gasteiger partial charge in [0.25, 0.3) is 0 Å². The van der Waals surface area contributed by atoms with Crippen LogP contribution in [0.5, 0.6) is 0 Å². The number of ketones is 1. The molecule has 0 bridgehead atoms. The summed E-state index contributed by atoms with van der Waals surface area (Å²) in [4.78, 5) is 25.5. The number of carbonyl (C=O) groups is 2. The summed E-state index contributed by atoms with van der Waals surface area (Å²) < 4.78 is 19.0. The number of ether oxygens (including phenoxy) is 1. The number of carbonyl (C=O) groups excluding carboxylic acids is 2. The average Bonchev–Trinajstić information content (AvgIpc) is 3.17. The van der Waals surface area contributed by atoms with E-state index in [0.717, 1.165) is 5.56 Å². The Bertz CT molecular complexity index is 947. The van der Waals surface area contributed by atoms with E-state index < -0.39 is 18.2 Å². The minimum Gasteiger partial charge on any atom is -0.463 e. The van der Waals surface area contributed by atoms with Crippen molar-refractivity contribution in [1.29, 1.82) is 0 Å². The molecule has 1 saturated heterocycles. The van der Waals surface area contributed by atoms with Gasteiger partial charge in [0.1, 0.15) is 12.0 Å². The molecule has 0 spiro atoms. The largest absolute Gasteiger partial charge is 0.463 e. The van der Waals surface area contributed by atoms with Crippen LogP contribution in [0.2, 0.25) is 0 Å². The van der Waals surface area contributed by atoms with Gasteiger partial charge in [-0.1, -0.05) is 42.5 Å². The lowest BCUT2D eigenvalue weighted by molar-refractivity contribution is -0.139.